The summed E-state index contributed by atoms with van der Waals surface area (Å²) in [5.74, 6) is -0.0494. The van der Waals surface area contributed by atoms with Crippen LogP contribution >= 0.6 is 0 Å². The molecule has 4 heteroatoms. The number of carbonyl (C=O) groups is 1. The Morgan fingerprint density at radius 1 is 1.57 bits per heavy atom. The van der Waals surface area contributed by atoms with Crippen molar-refractivity contribution in [3.05, 3.63) is 24.5 Å². The Hall–Kier alpha value is -1.42. The van der Waals surface area contributed by atoms with Gasteiger partial charge in [0.2, 0.25) is 5.91 Å². The highest BCUT2D eigenvalue weighted by Crippen LogP contribution is 2.01. The van der Waals surface area contributed by atoms with Crippen LogP contribution in [0, 0.1) is 0 Å². The number of nitrogens with one attached hydrogen (secondary N) is 2. The molecule has 0 spiro atoms. The first-order chi connectivity index (χ1) is 6.68. The second kappa shape index (κ2) is 5.34. The van der Waals surface area contributed by atoms with Crippen molar-refractivity contribution in [3.63, 3.8) is 0 Å². The quantitative estimate of drug-likeness (QED) is 0.750. The zero-order valence-electron chi connectivity index (χ0n) is 8.45. The van der Waals surface area contributed by atoms with Crippen LogP contribution in [-0.4, -0.2) is 23.5 Å². The predicted molar refractivity (Wildman–Crippen MR) is 56.0 cm³/mol. The number of amides is 1. The second-order valence-corrected chi connectivity index (χ2v) is 3.33. The van der Waals surface area contributed by atoms with Crippen molar-refractivity contribution in [2.24, 2.45) is 0 Å². The molecule has 1 aromatic rings. The fourth-order valence-electron chi connectivity index (χ4n) is 0.939. The average Bonchev–Trinajstić information content (AvgIpc) is 2.16. The van der Waals surface area contributed by atoms with E-state index >= 15 is 0 Å². The third-order valence-corrected chi connectivity index (χ3v) is 1.62. The van der Waals surface area contributed by atoms with Gasteiger partial charge in [-0.2, -0.15) is 0 Å². The van der Waals surface area contributed by atoms with E-state index in [0.717, 1.165) is 5.69 Å². The fourth-order valence-corrected chi connectivity index (χ4v) is 0.939. The van der Waals surface area contributed by atoms with E-state index in [9.17, 15) is 4.79 Å². The van der Waals surface area contributed by atoms with Crippen LogP contribution in [0.25, 0.3) is 0 Å². The van der Waals surface area contributed by atoms with Crippen molar-refractivity contribution in [3.8, 4) is 0 Å². The summed E-state index contributed by atoms with van der Waals surface area (Å²) < 4.78 is 0. The Labute approximate surface area is 83.7 Å². The maximum absolute atomic E-state index is 11.3. The summed E-state index contributed by atoms with van der Waals surface area (Å²) in [5, 5.41) is 5.77. The first-order valence-electron chi connectivity index (χ1n) is 4.62. The molecular weight excluding hydrogens is 178 g/mol. The molecule has 0 saturated carbocycles. The lowest BCUT2D eigenvalue weighted by Crippen LogP contribution is -2.32. The molecule has 0 unspecified atom stereocenters. The molecule has 0 aromatic carbocycles. The molecular formula is C10H15N3O. The van der Waals surface area contributed by atoms with Gasteiger partial charge in [0.15, 0.2) is 0 Å². The molecule has 2 N–H and O–H groups in total. The van der Waals surface area contributed by atoms with Gasteiger partial charge in [-0.1, -0.05) is 13.8 Å². The Balaban J connectivity index is 2.35. The van der Waals surface area contributed by atoms with Crippen LogP contribution in [0.5, 0.6) is 0 Å². The molecule has 0 aliphatic rings. The summed E-state index contributed by atoms with van der Waals surface area (Å²) >= 11 is 0. The van der Waals surface area contributed by atoms with Gasteiger partial charge in [0.05, 0.1) is 18.4 Å². The molecule has 76 valence electrons. The summed E-state index contributed by atoms with van der Waals surface area (Å²) in [6.45, 7) is 4.32. The Bertz CT molecular complexity index is 285. The largest absolute Gasteiger partial charge is 0.324 e. The SMILES string of the molecule is CC(C)NCC(=O)Nc1cccnc1. The van der Waals surface area contributed by atoms with E-state index in [1.165, 1.54) is 0 Å². The van der Waals surface area contributed by atoms with Crippen LogP contribution in [0.1, 0.15) is 13.8 Å². The first kappa shape index (κ1) is 10.7. The number of carbonyl (C=O) groups excluding carboxylic acids is 1. The minimum absolute atomic E-state index is 0.0494. The van der Waals surface area contributed by atoms with Gasteiger partial charge in [-0.3, -0.25) is 9.78 Å². The van der Waals surface area contributed by atoms with Crippen LogP contribution in [0.2, 0.25) is 0 Å². The van der Waals surface area contributed by atoms with Gasteiger partial charge < -0.3 is 10.6 Å². The molecule has 14 heavy (non-hydrogen) atoms. The summed E-state index contributed by atoms with van der Waals surface area (Å²) in [6.07, 6.45) is 3.29. The summed E-state index contributed by atoms with van der Waals surface area (Å²) in [7, 11) is 0. The topological polar surface area (TPSA) is 54.0 Å². The maximum Gasteiger partial charge on any atom is 0.238 e. The molecule has 1 rings (SSSR count). The monoisotopic (exact) mass is 193 g/mol. The second-order valence-electron chi connectivity index (χ2n) is 3.33. The van der Waals surface area contributed by atoms with Gasteiger partial charge in [-0.15, -0.1) is 0 Å². The number of rotatable bonds is 4. The van der Waals surface area contributed by atoms with Crippen molar-refractivity contribution in [1.82, 2.24) is 10.3 Å². The number of pyridine rings is 1. The number of nitrogens with zero attached hydrogens (tertiary/aromatic N) is 1. The van der Waals surface area contributed by atoms with Gasteiger partial charge in [0, 0.05) is 12.2 Å². The highest BCUT2D eigenvalue weighted by atomic mass is 16.1. The van der Waals surface area contributed by atoms with Crippen molar-refractivity contribution in [1.29, 1.82) is 0 Å². The van der Waals surface area contributed by atoms with Crippen LogP contribution in [0.3, 0.4) is 0 Å². The predicted octanol–water partition coefficient (Wildman–Crippen LogP) is 1.02. The van der Waals surface area contributed by atoms with Crippen molar-refractivity contribution in [2.45, 2.75) is 19.9 Å². The lowest BCUT2D eigenvalue weighted by atomic mass is 10.4. The summed E-state index contributed by atoms with van der Waals surface area (Å²) in [4.78, 5) is 15.2. The molecule has 0 fully saturated rings. The Morgan fingerprint density at radius 3 is 2.93 bits per heavy atom. The number of aromatic nitrogens is 1. The number of hydrogen-bond donors (Lipinski definition) is 2. The molecule has 0 aliphatic carbocycles. The van der Waals surface area contributed by atoms with Gasteiger partial charge >= 0.3 is 0 Å². The van der Waals surface area contributed by atoms with Crippen LogP contribution in [0.4, 0.5) is 5.69 Å². The molecule has 1 amide bonds. The van der Waals surface area contributed by atoms with Crippen molar-refractivity contribution < 1.29 is 4.79 Å². The van der Waals surface area contributed by atoms with Gasteiger partial charge in [-0.25, -0.2) is 0 Å². The molecule has 1 heterocycles. The molecule has 0 aliphatic heterocycles. The van der Waals surface area contributed by atoms with Crippen molar-refractivity contribution >= 4 is 11.6 Å². The highest BCUT2D eigenvalue weighted by molar-refractivity contribution is 5.92. The van der Waals surface area contributed by atoms with E-state index in [2.05, 4.69) is 15.6 Å². The summed E-state index contributed by atoms with van der Waals surface area (Å²) in [6, 6.07) is 3.90. The summed E-state index contributed by atoms with van der Waals surface area (Å²) in [5.41, 5.74) is 0.725. The fraction of sp³-hybridized carbons (Fsp3) is 0.400. The molecule has 0 radical (unpaired) electrons. The molecule has 0 atom stereocenters. The van der Waals surface area contributed by atoms with E-state index in [1.54, 1.807) is 24.5 Å². The smallest absolute Gasteiger partial charge is 0.238 e. The number of hydrogen-bond acceptors (Lipinski definition) is 3. The van der Waals surface area contributed by atoms with Crippen LogP contribution < -0.4 is 10.6 Å². The van der Waals surface area contributed by atoms with Gasteiger partial charge in [0.25, 0.3) is 0 Å². The van der Waals surface area contributed by atoms with E-state index in [1.807, 2.05) is 13.8 Å². The van der Waals surface area contributed by atoms with E-state index in [-0.39, 0.29) is 5.91 Å². The van der Waals surface area contributed by atoms with E-state index in [4.69, 9.17) is 0 Å². The molecule has 1 aromatic heterocycles. The third kappa shape index (κ3) is 4.00. The van der Waals surface area contributed by atoms with Crippen LogP contribution in [-0.2, 0) is 4.79 Å². The average molecular weight is 193 g/mol. The minimum Gasteiger partial charge on any atom is -0.324 e. The standard InChI is InChI=1S/C10H15N3O/c1-8(2)12-7-10(14)13-9-4-3-5-11-6-9/h3-6,8,12H,7H2,1-2H3,(H,13,14). The number of anilines is 1. The Morgan fingerprint density at radius 2 is 2.36 bits per heavy atom. The zero-order valence-corrected chi connectivity index (χ0v) is 8.45. The normalized spacial score (nSPS) is 10.2. The van der Waals surface area contributed by atoms with Crippen molar-refractivity contribution in [2.75, 3.05) is 11.9 Å². The third-order valence-electron chi connectivity index (χ3n) is 1.62. The van der Waals surface area contributed by atoms with Crippen LogP contribution in [0.15, 0.2) is 24.5 Å². The zero-order chi connectivity index (χ0) is 10.4. The van der Waals surface area contributed by atoms with E-state index in [0.29, 0.717) is 12.6 Å². The first-order valence-corrected chi connectivity index (χ1v) is 4.62. The lowest BCUT2D eigenvalue weighted by molar-refractivity contribution is -0.115. The highest BCUT2D eigenvalue weighted by Gasteiger charge is 2.01. The Kier molecular flexibility index (Phi) is 4.07. The maximum atomic E-state index is 11.3. The molecule has 4 nitrogen and oxygen atoms in total. The lowest BCUT2D eigenvalue weighted by Gasteiger charge is -2.08. The van der Waals surface area contributed by atoms with E-state index < -0.39 is 0 Å². The van der Waals surface area contributed by atoms with Gasteiger partial charge in [-0.05, 0) is 12.1 Å². The molecule has 0 bridgehead atoms. The minimum atomic E-state index is -0.0494. The van der Waals surface area contributed by atoms with Gasteiger partial charge in [0.1, 0.15) is 0 Å². The molecule has 0 saturated heterocycles.